The summed E-state index contributed by atoms with van der Waals surface area (Å²) < 4.78 is 37.7. The Bertz CT molecular complexity index is 1110. The van der Waals surface area contributed by atoms with Crippen LogP contribution in [0.2, 0.25) is 0 Å². The largest absolute Gasteiger partial charge is 0.443 e. The van der Waals surface area contributed by atoms with Crippen molar-refractivity contribution in [2.45, 2.75) is 70.3 Å². The van der Waals surface area contributed by atoms with E-state index in [1.165, 1.54) is 44.1 Å². The van der Waals surface area contributed by atoms with Gasteiger partial charge in [0.2, 0.25) is 0 Å². The standard InChI is InChI=1S/C25H33BNO4S/c1-4-5-6-7-8-9-10-21-13-16-24-22(18-27(26-30-3)25(24)17-21)19-31-32(28,29)23-14-11-20(2)12-15-23/h11-18H,4-10,19H2,1-3H3. The summed E-state index contributed by atoms with van der Waals surface area (Å²) in [7, 11) is -0.606. The van der Waals surface area contributed by atoms with Crippen molar-refractivity contribution in [3.63, 3.8) is 0 Å². The molecule has 0 aliphatic heterocycles. The van der Waals surface area contributed by atoms with Gasteiger partial charge < -0.3 is 9.13 Å². The summed E-state index contributed by atoms with van der Waals surface area (Å²) in [6.07, 6.45) is 10.5. The number of aryl methyl sites for hydroxylation is 2. The zero-order valence-electron chi connectivity index (χ0n) is 19.3. The first-order valence-corrected chi connectivity index (χ1v) is 12.8. The molecule has 0 unspecified atom stereocenters. The van der Waals surface area contributed by atoms with Crippen molar-refractivity contribution >= 4 is 28.6 Å². The van der Waals surface area contributed by atoms with Crippen LogP contribution in [0.5, 0.6) is 0 Å². The molecule has 2 aromatic carbocycles. The Kier molecular flexibility index (Phi) is 8.97. The fourth-order valence-electron chi connectivity index (χ4n) is 3.86. The average Bonchev–Trinajstić information content (AvgIpc) is 3.12. The minimum atomic E-state index is -3.83. The average molecular weight is 454 g/mol. The third-order valence-corrected chi connectivity index (χ3v) is 6.98. The van der Waals surface area contributed by atoms with Crippen LogP contribution in [0.3, 0.4) is 0 Å². The molecule has 1 radical (unpaired) electrons. The van der Waals surface area contributed by atoms with Gasteiger partial charge in [-0.15, -0.1) is 0 Å². The third-order valence-electron chi connectivity index (χ3n) is 5.70. The Labute approximate surface area is 193 Å². The fraction of sp³-hybridized carbons (Fsp3) is 0.440. The number of nitrogens with zero attached hydrogens (tertiary/aromatic N) is 1. The van der Waals surface area contributed by atoms with Crippen LogP contribution in [0.15, 0.2) is 53.6 Å². The normalized spacial score (nSPS) is 11.8. The Morgan fingerprint density at radius 1 is 0.969 bits per heavy atom. The monoisotopic (exact) mass is 454 g/mol. The summed E-state index contributed by atoms with van der Waals surface area (Å²) in [5, 5.41) is 0.962. The minimum Gasteiger partial charge on any atom is -0.422 e. The summed E-state index contributed by atoms with van der Waals surface area (Å²) in [6, 6.07) is 13.0. The van der Waals surface area contributed by atoms with Crippen molar-refractivity contribution in [1.29, 1.82) is 0 Å². The smallest absolute Gasteiger partial charge is 0.422 e. The maximum Gasteiger partial charge on any atom is 0.443 e. The molecule has 0 saturated carbocycles. The van der Waals surface area contributed by atoms with Crippen molar-refractivity contribution in [3.05, 3.63) is 65.4 Å². The zero-order chi connectivity index (χ0) is 23.0. The Morgan fingerprint density at radius 3 is 2.41 bits per heavy atom. The number of aromatic nitrogens is 1. The molecule has 0 fully saturated rings. The summed E-state index contributed by atoms with van der Waals surface area (Å²) >= 11 is 0. The SMILES string of the molecule is CCCCCCCCc1ccc2c(COS(=O)(=O)c3ccc(C)cc3)cn([B]OC)c2c1. The number of hydrogen-bond donors (Lipinski definition) is 0. The van der Waals surface area contributed by atoms with Gasteiger partial charge in [0.05, 0.1) is 11.5 Å². The maximum atomic E-state index is 12.6. The van der Waals surface area contributed by atoms with Crippen molar-refractivity contribution in [3.8, 4) is 0 Å². The van der Waals surface area contributed by atoms with Crippen molar-refractivity contribution in [2.24, 2.45) is 0 Å². The van der Waals surface area contributed by atoms with Gasteiger partial charge in [-0.1, -0.05) is 68.9 Å². The second kappa shape index (κ2) is 11.7. The van der Waals surface area contributed by atoms with E-state index in [0.717, 1.165) is 28.5 Å². The molecular weight excluding hydrogens is 421 g/mol. The molecule has 32 heavy (non-hydrogen) atoms. The second-order valence-corrected chi connectivity index (χ2v) is 9.92. The predicted octanol–water partition coefficient (Wildman–Crippen LogP) is 5.79. The van der Waals surface area contributed by atoms with Gasteiger partial charge >= 0.3 is 7.62 Å². The molecule has 0 atom stereocenters. The highest BCUT2D eigenvalue weighted by Gasteiger charge is 2.18. The molecule has 0 saturated heterocycles. The molecule has 1 heterocycles. The lowest BCUT2D eigenvalue weighted by Gasteiger charge is -2.06. The van der Waals surface area contributed by atoms with Gasteiger partial charge in [0.25, 0.3) is 10.1 Å². The van der Waals surface area contributed by atoms with Crippen molar-refractivity contribution in [1.82, 2.24) is 4.48 Å². The Balaban J connectivity index is 1.72. The van der Waals surface area contributed by atoms with Gasteiger partial charge in [-0.05, 0) is 49.7 Å². The van der Waals surface area contributed by atoms with Gasteiger partial charge in [0.1, 0.15) is 0 Å². The predicted molar refractivity (Wildman–Crippen MR) is 130 cm³/mol. The first-order valence-electron chi connectivity index (χ1n) is 11.4. The van der Waals surface area contributed by atoms with Crippen LogP contribution < -0.4 is 0 Å². The first kappa shape index (κ1) is 24.6. The number of hydrogen-bond acceptors (Lipinski definition) is 4. The lowest BCUT2D eigenvalue weighted by Crippen LogP contribution is -2.08. The summed E-state index contributed by atoms with van der Waals surface area (Å²) in [5.41, 5.74) is 4.06. The molecule has 0 amide bonds. The number of rotatable bonds is 13. The molecular formula is C25H33BNO4S. The van der Waals surface area contributed by atoms with Gasteiger partial charge in [-0.2, -0.15) is 8.42 Å². The molecule has 0 bridgehead atoms. The number of unbranched alkanes of at least 4 members (excludes halogenated alkanes) is 5. The van der Waals surface area contributed by atoms with Crippen molar-refractivity contribution in [2.75, 3.05) is 7.11 Å². The summed E-state index contributed by atoms with van der Waals surface area (Å²) in [4.78, 5) is 0.163. The van der Waals surface area contributed by atoms with Crippen LogP contribution in [-0.2, 0) is 32.0 Å². The molecule has 3 rings (SSSR count). The van der Waals surface area contributed by atoms with E-state index in [1.54, 1.807) is 39.0 Å². The van der Waals surface area contributed by atoms with E-state index in [4.69, 9.17) is 8.84 Å². The van der Waals surface area contributed by atoms with E-state index < -0.39 is 10.1 Å². The van der Waals surface area contributed by atoms with Gasteiger partial charge in [-0.25, -0.2) is 0 Å². The van der Waals surface area contributed by atoms with E-state index in [-0.39, 0.29) is 11.5 Å². The van der Waals surface area contributed by atoms with Crippen LogP contribution in [-0.4, -0.2) is 27.6 Å². The molecule has 5 nitrogen and oxygen atoms in total. The van der Waals surface area contributed by atoms with Gasteiger partial charge in [-0.3, -0.25) is 4.18 Å². The quantitative estimate of drug-likeness (QED) is 0.186. The van der Waals surface area contributed by atoms with E-state index in [0.29, 0.717) is 0 Å². The maximum absolute atomic E-state index is 12.6. The van der Waals surface area contributed by atoms with E-state index in [2.05, 4.69) is 25.1 Å². The van der Waals surface area contributed by atoms with E-state index in [1.807, 2.05) is 17.6 Å². The van der Waals surface area contributed by atoms with Crippen LogP contribution in [0.25, 0.3) is 10.9 Å². The summed E-state index contributed by atoms with van der Waals surface area (Å²) in [5.74, 6) is 0. The minimum absolute atomic E-state index is 0.0337. The third kappa shape index (κ3) is 6.47. The van der Waals surface area contributed by atoms with Crippen molar-refractivity contribution < 1.29 is 17.3 Å². The molecule has 3 aromatic rings. The first-order chi connectivity index (χ1) is 15.4. The molecule has 7 heteroatoms. The molecule has 0 aliphatic rings. The van der Waals surface area contributed by atoms with Crippen LogP contribution >= 0.6 is 0 Å². The molecule has 171 valence electrons. The van der Waals surface area contributed by atoms with Crippen LogP contribution in [0.1, 0.15) is 62.1 Å². The van der Waals surface area contributed by atoms with Crippen LogP contribution in [0.4, 0.5) is 0 Å². The zero-order valence-corrected chi connectivity index (χ0v) is 20.2. The Morgan fingerprint density at radius 2 is 1.69 bits per heavy atom. The lowest BCUT2D eigenvalue weighted by atomic mass is 10.0. The fourth-order valence-corrected chi connectivity index (χ4v) is 4.75. The molecule has 1 aromatic heterocycles. The highest BCUT2D eigenvalue weighted by molar-refractivity contribution is 7.86. The lowest BCUT2D eigenvalue weighted by molar-refractivity contribution is 0.309. The topological polar surface area (TPSA) is 57.5 Å². The molecule has 0 spiro atoms. The number of fused-ring (bicyclic) bond motifs is 1. The molecule has 0 N–H and O–H groups in total. The molecule has 0 aliphatic carbocycles. The highest BCUT2D eigenvalue weighted by atomic mass is 32.2. The van der Waals surface area contributed by atoms with E-state index in [9.17, 15) is 8.42 Å². The Hall–Kier alpha value is -2.09. The number of benzene rings is 2. The van der Waals surface area contributed by atoms with Gasteiger partial charge in [0.15, 0.2) is 0 Å². The second-order valence-electron chi connectivity index (χ2n) is 8.30. The van der Waals surface area contributed by atoms with Gasteiger partial charge in [0, 0.05) is 23.6 Å². The summed E-state index contributed by atoms with van der Waals surface area (Å²) in [6.45, 7) is 4.12. The highest BCUT2D eigenvalue weighted by Crippen LogP contribution is 2.25. The van der Waals surface area contributed by atoms with Crippen LogP contribution in [0, 0.1) is 6.92 Å². The van der Waals surface area contributed by atoms with E-state index >= 15 is 0 Å².